The highest BCUT2D eigenvalue weighted by Gasteiger charge is 2.33. The van der Waals surface area contributed by atoms with E-state index in [1.807, 2.05) is 28.9 Å². The Morgan fingerprint density at radius 3 is 2.67 bits per heavy atom. The third-order valence-corrected chi connectivity index (χ3v) is 5.81. The summed E-state index contributed by atoms with van der Waals surface area (Å²) in [5.74, 6) is 0.0633. The molecule has 1 aromatic carbocycles. The first-order valence-electron chi connectivity index (χ1n) is 9.79. The first-order chi connectivity index (χ1) is 13.0. The molecule has 0 spiro atoms. The number of carbonyl (C=O) groups is 2. The Morgan fingerprint density at radius 1 is 1.11 bits per heavy atom. The van der Waals surface area contributed by atoms with Crippen LogP contribution in [0.15, 0.2) is 18.2 Å². The van der Waals surface area contributed by atoms with Crippen LogP contribution < -0.4 is 0 Å². The Hall–Kier alpha value is -2.34. The fourth-order valence-electron chi connectivity index (χ4n) is 4.22. The molecule has 0 bridgehead atoms. The van der Waals surface area contributed by atoms with Gasteiger partial charge in [-0.25, -0.2) is 0 Å². The number of aryl methyl sites for hydroxylation is 2. The summed E-state index contributed by atoms with van der Waals surface area (Å²) in [5.41, 5.74) is 3.80. The van der Waals surface area contributed by atoms with Gasteiger partial charge in [-0.05, 0) is 44.4 Å². The molecule has 2 aromatic rings. The van der Waals surface area contributed by atoms with Crippen LogP contribution in [0.3, 0.4) is 0 Å². The average molecular weight is 369 g/mol. The van der Waals surface area contributed by atoms with Crippen LogP contribution in [0.25, 0.3) is 10.9 Å². The number of ether oxygens (including phenoxy) is 1. The molecular formula is C21H27N3O3. The van der Waals surface area contributed by atoms with E-state index in [2.05, 4.69) is 18.0 Å². The molecule has 1 aromatic heterocycles. The zero-order valence-electron chi connectivity index (χ0n) is 16.1. The highest BCUT2D eigenvalue weighted by Crippen LogP contribution is 2.26. The predicted octanol–water partition coefficient (Wildman–Crippen LogP) is 2.50. The number of nitrogens with zero attached hydrogens (tertiary/aromatic N) is 2. The van der Waals surface area contributed by atoms with E-state index < -0.39 is 0 Å². The summed E-state index contributed by atoms with van der Waals surface area (Å²) in [4.78, 5) is 33.0. The Balaban J connectivity index is 1.52. The number of nitrogens with one attached hydrogen (secondary N) is 1. The van der Waals surface area contributed by atoms with Gasteiger partial charge in [-0.2, -0.15) is 0 Å². The molecule has 3 heterocycles. The number of carbonyl (C=O) groups excluding carboxylic acids is 2. The topological polar surface area (TPSA) is 65.6 Å². The first-order valence-corrected chi connectivity index (χ1v) is 9.79. The normalized spacial score (nSPS) is 20.9. The lowest BCUT2D eigenvalue weighted by molar-refractivity contribution is -0.141. The number of hydrogen-bond acceptors (Lipinski definition) is 3. The van der Waals surface area contributed by atoms with Crippen LogP contribution in [-0.4, -0.2) is 66.0 Å². The SMILES string of the molecule is Cc1ccc2[nH]c(C(=O)N3CCCC(C(=O)N4CCOCC4)C3)c(C)c2c1. The van der Waals surface area contributed by atoms with E-state index in [9.17, 15) is 9.59 Å². The maximum absolute atomic E-state index is 13.2. The Bertz CT molecular complexity index is 867. The molecule has 1 unspecified atom stereocenters. The summed E-state index contributed by atoms with van der Waals surface area (Å²) in [6, 6.07) is 6.18. The molecule has 144 valence electrons. The van der Waals surface area contributed by atoms with Gasteiger partial charge in [0.15, 0.2) is 0 Å². The zero-order chi connectivity index (χ0) is 19.0. The second kappa shape index (κ2) is 7.35. The molecule has 2 aliphatic rings. The van der Waals surface area contributed by atoms with E-state index in [0.717, 1.165) is 29.3 Å². The molecule has 27 heavy (non-hydrogen) atoms. The van der Waals surface area contributed by atoms with Crippen LogP contribution in [0.2, 0.25) is 0 Å². The number of fused-ring (bicyclic) bond motifs is 1. The van der Waals surface area contributed by atoms with E-state index in [-0.39, 0.29) is 17.7 Å². The number of aromatic amines is 1. The number of morpholine rings is 1. The smallest absolute Gasteiger partial charge is 0.270 e. The molecule has 0 saturated carbocycles. The lowest BCUT2D eigenvalue weighted by atomic mass is 9.95. The van der Waals surface area contributed by atoms with Gasteiger partial charge in [-0.1, -0.05) is 11.6 Å². The van der Waals surface area contributed by atoms with Gasteiger partial charge >= 0.3 is 0 Å². The van der Waals surface area contributed by atoms with Crippen LogP contribution in [0, 0.1) is 19.8 Å². The van der Waals surface area contributed by atoms with E-state index in [1.54, 1.807) is 0 Å². The van der Waals surface area contributed by atoms with Crippen molar-refractivity contribution in [3.63, 3.8) is 0 Å². The molecule has 2 fully saturated rings. The van der Waals surface area contributed by atoms with Gasteiger partial charge in [0.05, 0.1) is 19.1 Å². The third kappa shape index (κ3) is 3.46. The molecule has 2 amide bonds. The van der Waals surface area contributed by atoms with Crippen molar-refractivity contribution in [2.24, 2.45) is 5.92 Å². The Kier molecular flexibility index (Phi) is 4.91. The minimum Gasteiger partial charge on any atom is -0.378 e. The van der Waals surface area contributed by atoms with Crippen LogP contribution >= 0.6 is 0 Å². The quantitative estimate of drug-likeness (QED) is 0.885. The van der Waals surface area contributed by atoms with Gasteiger partial charge in [0.1, 0.15) is 5.69 Å². The fraction of sp³-hybridized carbons (Fsp3) is 0.524. The number of rotatable bonds is 2. The second-order valence-corrected chi connectivity index (χ2v) is 7.70. The van der Waals surface area contributed by atoms with Gasteiger partial charge < -0.3 is 19.5 Å². The monoisotopic (exact) mass is 369 g/mol. The molecule has 4 rings (SSSR count). The lowest BCUT2D eigenvalue weighted by Gasteiger charge is -2.36. The number of benzene rings is 1. The zero-order valence-corrected chi connectivity index (χ0v) is 16.1. The predicted molar refractivity (Wildman–Crippen MR) is 104 cm³/mol. The minimum absolute atomic E-state index is 0.000769. The maximum atomic E-state index is 13.2. The number of hydrogen-bond donors (Lipinski definition) is 1. The van der Waals surface area contributed by atoms with Crippen molar-refractivity contribution >= 4 is 22.7 Å². The van der Waals surface area contributed by atoms with Crippen LogP contribution in [0.1, 0.15) is 34.5 Å². The Labute approximate surface area is 159 Å². The minimum atomic E-state index is -0.104. The molecule has 0 radical (unpaired) electrons. The average Bonchev–Trinajstić information content (AvgIpc) is 3.03. The summed E-state index contributed by atoms with van der Waals surface area (Å²) >= 11 is 0. The van der Waals surface area contributed by atoms with Gasteiger partial charge in [0.2, 0.25) is 5.91 Å². The maximum Gasteiger partial charge on any atom is 0.270 e. The summed E-state index contributed by atoms with van der Waals surface area (Å²) in [7, 11) is 0. The van der Waals surface area contributed by atoms with E-state index >= 15 is 0 Å². The molecule has 0 aliphatic carbocycles. The van der Waals surface area contributed by atoms with Gasteiger partial charge in [0, 0.05) is 37.1 Å². The van der Waals surface area contributed by atoms with Crippen molar-refractivity contribution in [1.29, 1.82) is 0 Å². The van der Waals surface area contributed by atoms with Gasteiger partial charge in [0.25, 0.3) is 5.91 Å². The van der Waals surface area contributed by atoms with Crippen molar-refractivity contribution in [2.75, 3.05) is 39.4 Å². The van der Waals surface area contributed by atoms with E-state index in [1.165, 1.54) is 5.56 Å². The first kappa shape index (κ1) is 18.0. The highest BCUT2D eigenvalue weighted by molar-refractivity contribution is 6.01. The number of amides is 2. The Morgan fingerprint density at radius 2 is 1.89 bits per heavy atom. The molecule has 1 atom stereocenters. The van der Waals surface area contributed by atoms with Crippen molar-refractivity contribution in [3.05, 3.63) is 35.0 Å². The molecule has 2 aliphatic heterocycles. The molecular weight excluding hydrogens is 342 g/mol. The fourth-order valence-corrected chi connectivity index (χ4v) is 4.22. The van der Waals surface area contributed by atoms with Crippen molar-refractivity contribution < 1.29 is 14.3 Å². The second-order valence-electron chi connectivity index (χ2n) is 7.70. The van der Waals surface area contributed by atoms with Crippen molar-refractivity contribution in [2.45, 2.75) is 26.7 Å². The number of aromatic nitrogens is 1. The summed E-state index contributed by atoms with van der Waals surface area (Å²) in [6.07, 6.45) is 1.72. The molecule has 2 saturated heterocycles. The third-order valence-electron chi connectivity index (χ3n) is 5.81. The number of piperidine rings is 1. The van der Waals surface area contributed by atoms with Crippen molar-refractivity contribution in [3.8, 4) is 0 Å². The molecule has 6 nitrogen and oxygen atoms in total. The van der Waals surface area contributed by atoms with Gasteiger partial charge in [-0.15, -0.1) is 0 Å². The van der Waals surface area contributed by atoms with E-state index in [4.69, 9.17) is 4.74 Å². The highest BCUT2D eigenvalue weighted by atomic mass is 16.5. The van der Waals surface area contributed by atoms with Gasteiger partial charge in [-0.3, -0.25) is 9.59 Å². The molecule has 6 heteroatoms. The summed E-state index contributed by atoms with van der Waals surface area (Å²) < 4.78 is 5.34. The number of H-pyrrole nitrogens is 1. The van der Waals surface area contributed by atoms with E-state index in [0.29, 0.717) is 45.1 Å². The standard InChI is InChI=1S/C21H27N3O3/c1-14-5-6-18-17(12-14)15(2)19(22-18)21(26)24-7-3-4-16(13-24)20(25)23-8-10-27-11-9-23/h5-6,12,16,22H,3-4,7-11,13H2,1-2H3. The van der Waals surface area contributed by atoms with Crippen LogP contribution in [0.5, 0.6) is 0 Å². The number of likely N-dealkylation sites (tertiary alicyclic amines) is 1. The van der Waals surface area contributed by atoms with Crippen LogP contribution in [0.4, 0.5) is 0 Å². The van der Waals surface area contributed by atoms with Crippen molar-refractivity contribution in [1.82, 2.24) is 14.8 Å². The summed E-state index contributed by atoms with van der Waals surface area (Å²) in [6.45, 7) is 7.78. The lowest BCUT2D eigenvalue weighted by Crippen LogP contribution is -2.49. The largest absolute Gasteiger partial charge is 0.378 e. The summed E-state index contributed by atoms with van der Waals surface area (Å²) in [5, 5.41) is 1.09. The van der Waals surface area contributed by atoms with Crippen LogP contribution in [-0.2, 0) is 9.53 Å². The molecule has 1 N–H and O–H groups in total.